The summed E-state index contributed by atoms with van der Waals surface area (Å²) in [5, 5.41) is 4.05. The van der Waals surface area contributed by atoms with Crippen molar-refractivity contribution < 1.29 is 17.4 Å². The highest BCUT2D eigenvalue weighted by molar-refractivity contribution is 7.84. The summed E-state index contributed by atoms with van der Waals surface area (Å²) in [6.45, 7) is 4.64. The van der Waals surface area contributed by atoms with Crippen LogP contribution in [0.4, 0.5) is 13.2 Å². The summed E-state index contributed by atoms with van der Waals surface area (Å²) in [6.07, 6.45) is -3.08. The molecule has 22 heavy (non-hydrogen) atoms. The van der Waals surface area contributed by atoms with Gasteiger partial charge in [-0.15, -0.1) is 0 Å². The van der Waals surface area contributed by atoms with Crippen molar-refractivity contribution in [1.82, 2.24) is 14.8 Å². The summed E-state index contributed by atoms with van der Waals surface area (Å²) in [5.41, 5.74) is -0.804. The fourth-order valence-corrected chi connectivity index (χ4v) is 3.03. The highest BCUT2D eigenvalue weighted by atomic mass is 32.2. The normalized spacial score (nSPS) is 13.5. The fourth-order valence-electron chi connectivity index (χ4n) is 1.91. The van der Waals surface area contributed by atoms with Gasteiger partial charge in [0.05, 0.1) is 22.1 Å². The highest BCUT2D eigenvalue weighted by Crippen LogP contribution is 2.30. The Balaban J connectivity index is 2.18. The monoisotopic (exact) mass is 331 g/mol. The number of alkyl halides is 3. The molecule has 1 atom stereocenters. The van der Waals surface area contributed by atoms with Gasteiger partial charge in [-0.1, -0.05) is 19.9 Å². The molecule has 0 fully saturated rings. The maximum Gasteiger partial charge on any atom is 0.416 e. The van der Waals surface area contributed by atoms with Crippen molar-refractivity contribution in [2.45, 2.75) is 37.2 Å². The summed E-state index contributed by atoms with van der Waals surface area (Å²) in [4.78, 5) is 4.18. The molecule has 0 N–H and O–H groups in total. The summed E-state index contributed by atoms with van der Waals surface area (Å²) in [7, 11) is -1.61. The minimum absolute atomic E-state index is 0.0357. The Morgan fingerprint density at radius 3 is 2.68 bits per heavy atom. The molecule has 0 saturated heterocycles. The van der Waals surface area contributed by atoms with Gasteiger partial charge >= 0.3 is 6.18 Å². The van der Waals surface area contributed by atoms with Gasteiger partial charge in [-0.05, 0) is 24.1 Å². The molecule has 0 aliphatic rings. The Hall–Kier alpha value is -1.70. The van der Waals surface area contributed by atoms with Crippen molar-refractivity contribution in [3.8, 4) is 0 Å². The second kappa shape index (κ2) is 6.60. The standard InChI is InChI=1S/C14H16F3N3OS/c1-10(2)7-20-13(18-9-19-20)8-22(21)12-5-3-4-11(6-12)14(15,16)17/h3-6,9-10H,7-8H2,1-2H3/t22-/m1/s1. The lowest BCUT2D eigenvalue weighted by atomic mass is 10.2. The largest absolute Gasteiger partial charge is 0.416 e. The number of halogens is 3. The molecule has 1 heterocycles. The first-order valence-corrected chi connectivity index (χ1v) is 8.01. The number of hydrogen-bond acceptors (Lipinski definition) is 3. The van der Waals surface area contributed by atoms with Crippen LogP contribution in [-0.4, -0.2) is 19.0 Å². The van der Waals surface area contributed by atoms with E-state index in [-0.39, 0.29) is 10.6 Å². The molecular weight excluding hydrogens is 315 g/mol. The minimum atomic E-state index is -4.45. The van der Waals surface area contributed by atoms with Crippen LogP contribution in [0.1, 0.15) is 25.2 Å². The third kappa shape index (κ3) is 4.16. The molecule has 120 valence electrons. The number of nitrogens with zero attached hydrogens (tertiary/aromatic N) is 3. The van der Waals surface area contributed by atoms with Gasteiger partial charge in [0.25, 0.3) is 0 Å². The van der Waals surface area contributed by atoms with E-state index in [1.54, 1.807) is 4.68 Å². The van der Waals surface area contributed by atoms with Gasteiger partial charge in [0.2, 0.25) is 0 Å². The topological polar surface area (TPSA) is 47.8 Å². The minimum Gasteiger partial charge on any atom is -0.254 e. The summed E-state index contributed by atoms with van der Waals surface area (Å²) < 4.78 is 52.0. The average Bonchev–Trinajstić information content (AvgIpc) is 2.84. The van der Waals surface area contributed by atoms with E-state index in [0.29, 0.717) is 18.3 Å². The van der Waals surface area contributed by atoms with Gasteiger partial charge < -0.3 is 0 Å². The molecule has 0 amide bonds. The van der Waals surface area contributed by atoms with E-state index in [1.807, 2.05) is 13.8 Å². The lowest BCUT2D eigenvalue weighted by molar-refractivity contribution is -0.137. The molecule has 0 saturated carbocycles. The Morgan fingerprint density at radius 1 is 1.32 bits per heavy atom. The SMILES string of the molecule is CC(C)Cn1ncnc1C[S@@](=O)c1cccc(C(F)(F)F)c1. The Labute approximate surface area is 128 Å². The predicted octanol–water partition coefficient (Wildman–Crippen LogP) is 3.26. The van der Waals surface area contributed by atoms with Gasteiger partial charge in [-0.25, -0.2) is 9.67 Å². The van der Waals surface area contributed by atoms with Crippen LogP contribution < -0.4 is 0 Å². The van der Waals surface area contributed by atoms with Gasteiger partial charge in [0.15, 0.2) is 0 Å². The molecular formula is C14H16F3N3OS. The number of benzene rings is 1. The third-order valence-corrected chi connectivity index (χ3v) is 4.22. The molecule has 0 radical (unpaired) electrons. The number of hydrogen-bond donors (Lipinski definition) is 0. The first kappa shape index (κ1) is 16.7. The van der Waals surface area contributed by atoms with Crippen molar-refractivity contribution >= 4 is 10.8 Å². The zero-order valence-electron chi connectivity index (χ0n) is 12.2. The lowest BCUT2D eigenvalue weighted by Crippen LogP contribution is -2.12. The second-order valence-corrected chi connectivity index (χ2v) is 6.72. The van der Waals surface area contributed by atoms with Crippen LogP contribution >= 0.6 is 0 Å². The number of rotatable bonds is 5. The Morgan fingerprint density at radius 2 is 2.05 bits per heavy atom. The lowest BCUT2D eigenvalue weighted by Gasteiger charge is -2.10. The van der Waals surface area contributed by atoms with Crippen LogP contribution in [0.2, 0.25) is 0 Å². The Kier molecular flexibility index (Phi) is 5.00. The van der Waals surface area contributed by atoms with E-state index in [2.05, 4.69) is 10.1 Å². The van der Waals surface area contributed by atoms with Crippen LogP contribution in [-0.2, 0) is 29.3 Å². The molecule has 0 aliphatic carbocycles. The van der Waals surface area contributed by atoms with Gasteiger partial charge in [0.1, 0.15) is 12.2 Å². The Bertz CT molecular complexity index is 667. The van der Waals surface area contributed by atoms with Crippen molar-refractivity contribution in [2.75, 3.05) is 0 Å². The summed E-state index contributed by atoms with van der Waals surface area (Å²) >= 11 is 0. The third-order valence-electron chi connectivity index (χ3n) is 2.92. The second-order valence-electron chi connectivity index (χ2n) is 5.27. The highest BCUT2D eigenvalue weighted by Gasteiger charge is 2.30. The molecule has 0 aliphatic heterocycles. The van der Waals surface area contributed by atoms with E-state index in [4.69, 9.17) is 0 Å². The van der Waals surface area contributed by atoms with Crippen LogP contribution in [0, 0.1) is 5.92 Å². The van der Waals surface area contributed by atoms with Crippen molar-refractivity contribution in [1.29, 1.82) is 0 Å². The molecule has 2 rings (SSSR count). The molecule has 0 unspecified atom stereocenters. The number of aromatic nitrogens is 3. The van der Waals surface area contributed by atoms with Crippen LogP contribution in [0.15, 0.2) is 35.5 Å². The average molecular weight is 331 g/mol. The summed E-state index contributed by atoms with van der Waals surface area (Å²) in [5.74, 6) is 0.875. The summed E-state index contributed by atoms with van der Waals surface area (Å²) in [6, 6.07) is 4.56. The van der Waals surface area contributed by atoms with E-state index in [0.717, 1.165) is 12.1 Å². The zero-order valence-corrected chi connectivity index (χ0v) is 13.0. The first-order valence-electron chi connectivity index (χ1n) is 6.69. The molecule has 1 aromatic carbocycles. The molecule has 8 heteroatoms. The van der Waals surface area contributed by atoms with Gasteiger partial charge in [0, 0.05) is 11.4 Å². The van der Waals surface area contributed by atoms with E-state index >= 15 is 0 Å². The zero-order chi connectivity index (χ0) is 16.3. The maximum absolute atomic E-state index is 12.7. The van der Waals surface area contributed by atoms with Crippen LogP contribution in [0.25, 0.3) is 0 Å². The maximum atomic E-state index is 12.7. The van der Waals surface area contributed by atoms with Crippen LogP contribution in [0.3, 0.4) is 0 Å². The fraction of sp³-hybridized carbons (Fsp3) is 0.429. The molecule has 1 aromatic heterocycles. The quantitative estimate of drug-likeness (QED) is 0.845. The van der Waals surface area contributed by atoms with E-state index < -0.39 is 22.5 Å². The van der Waals surface area contributed by atoms with Crippen molar-refractivity contribution in [2.24, 2.45) is 5.92 Å². The van der Waals surface area contributed by atoms with Crippen molar-refractivity contribution in [3.05, 3.63) is 42.0 Å². The van der Waals surface area contributed by atoms with E-state index in [9.17, 15) is 17.4 Å². The molecule has 0 spiro atoms. The van der Waals surface area contributed by atoms with Gasteiger partial charge in [-0.2, -0.15) is 18.3 Å². The van der Waals surface area contributed by atoms with Crippen LogP contribution in [0.5, 0.6) is 0 Å². The smallest absolute Gasteiger partial charge is 0.254 e. The van der Waals surface area contributed by atoms with Gasteiger partial charge in [-0.3, -0.25) is 4.21 Å². The molecule has 0 bridgehead atoms. The van der Waals surface area contributed by atoms with E-state index in [1.165, 1.54) is 18.5 Å². The first-order chi connectivity index (χ1) is 10.3. The van der Waals surface area contributed by atoms with Crippen molar-refractivity contribution in [3.63, 3.8) is 0 Å². The molecule has 2 aromatic rings. The predicted molar refractivity (Wildman–Crippen MR) is 76.4 cm³/mol. The molecule has 4 nitrogen and oxygen atoms in total.